The maximum atomic E-state index is 5.92. The van der Waals surface area contributed by atoms with E-state index in [9.17, 15) is 0 Å². The van der Waals surface area contributed by atoms with Gasteiger partial charge < -0.3 is 14.2 Å². The van der Waals surface area contributed by atoms with Gasteiger partial charge in [-0.3, -0.25) is 0 Å². The van der Waals surface area contributed by atoms with Gasteiger partial charge in [-0.25, -0.2) is 4.98 Å². The number of ether oxygens (including phenoxy) is 3. The molecule has 0 N–H and O–H groups in total. The van der Waals surface area contributed by atoms with Crippen LogP contribution in [0.1, 0.15) is 23.2 Å². The maximum Gasteiger partial charge on any atom is 0.218 e. The molecule has 0 amide bonds. The number of methoxy groups -OCH3 is 1. The third kappa shape index (κ3) is 5.76. The molecule has 0 aliphatic rings. The summed E-state index contributed by atoms with van der Waals surface area (Å²) in [5, 5.41) is 0. The number of aryl methyl sites for hydroxylation is 2. The van der Waals surface area contributed by atoms with Crippen LogP contribution in [0.2, 0.25) is 0 Å². The Morgan fingerprint density at radius 1 is 1.16 bits per heavy atom. The fourth-order valence-corrected chi connectivity index (χ4v) is 2.04. The lowest BCUT2D eigenvalue weighted by molar-refractivity contribution is 0.0793. The van der Waals surface area contributed by atoms with Crippen molar-refractivity contribution in [2.24, 2.45) is 0 Å². The number of nitrogens with zero attached hydrogens (tertiary/aromatic N) is 1. The van der Waals surface area contributed by atoms with Crippen LogP contribution in [-0.4, -0.2) is 38.5 Å². The van der Waals surface area contributed by atoms with Gasteiger partial charge in [0.2, 0.25) is 5.88 Å². The molecule has 0 atom stereocenters. The van der Waals surface area contributed by atoms with Gasteiger partial charge in [-0.1, -0.05) is 0 Å². The smallest absolute Gasteiger partial charge is 0.218 e. The Morgan fingerprint density at radius 3 is 2.63 bits per heavy atom. The van der Waals surface area contributed by atoms with E-state index in [1.807, 2.05) is 19.9 Å². The Kier molecular flexibility index (Phi) is 7.79. The molecule has 0 spiro atoms. The highest BCUT2D eigenvalue weighted by atomic mass is 35.5. The molecule has 0 aliphatic heterocycles. The van der Waals surface area contributed by atoms with Crippen LogP contribution in [0.4, 0.5) is 0 Å². The summed E-state index contributed by atoms with van der Waals surface area (Å²) in [6.45, 7) is 6.38. The third-order valence-electron chi connectivity index (χ3n) is 2.67. The van der Waals surface area contributed by atoms with Crippen molar-refractivity contribution in [3.05, 3.63) is 22.9 Å². The minimum atomic E-state index is 0.406. The van der Waals surface area contributed by atoms with Crippen molar-refractivity contribution in [1.82, 2.24) is 4.98 Å². The monoisotopic (exact) mass is 287 g/mol. The highest BCUT2D eigenvalue weighted by Gasteiger charge is 2.09. The van der Waals surface area contributed by atoms with E-state index in [0.29, 0.717) is 31.6 Å². The predicted molar refractivity (Wildman–Crippen MR) is 76.1 cm³/mol. The van der Waals surface area contributed by atoms with Crippen LogP contribution in [0.25, 0.3) is 0 Å². The normalized spacial score (nSPS) is 10.7. The zero-order chi connectivity index (χ0) is 14.1. The Morgan fingerprint density at radius 2 is 1.95 bits per heavy atom. The number of pyridine rings is 1. The summed E-state index contributed by atoms with van der Waals surface area (Å²) in [6.07, 6.45) is 0.894. The van der Waals surface area contributed by atoms with Gasteiger partial charge in [0.05, 0.1) is 12.5 Å². The number of alkyl halides is 1. The zero-order valence-electron chi connectivity index (χ0n) is 11.9. The molecule has 0 unspecified atom stereocenters. The summed E-state index contributed by atoms with van der Waals surface area (Å²) in [5.41, 5.74) is 2.99. The lowest BCUT2D eigenvalue weighted by Crippen LogP contribution is -2.11. The number of hydrogen-bond donors (Lipinski definition) is 0. The molecule has 19 heavy (non-hydrogen) atoms. The first kappa shape index (κ1) is 16.2. The molecule has 5 heteroatoms. The van der Waals surface area contributed by atoms with Crippen LogP contribution >= 0.6 is 11.6 Å². The standard InChI is InChI=1S/C14H22ClNO3/c1-11-9-12(2)16-14(13(11)10-15)19-8-7-18-6-4-5-17-3/h9H,4-8,10H2,1-3H3. The van der Waals surface area contributed by atoms with Gasteiger partial charge >= 0.3 is 0 Å². The molecule has 0 fully saturated rings. The van der Waals surface area contributed by atoms with Crippen LogP contribution in [-0.2, 0) is 15.4 Å². The van der Waals surface area contributed by atoms with Crippen molar-refractivity contribution in [2.45, 2.75) is 26.1 Å². The second kappa shape index (κ2) is 9.13. The molecule has 0 aromatic carbocycles. The van der Waals surface area contributed by atoms with E-state index in [1.165, 1.54) is 0 Å². The number of aromatic nitrogens is 1. The third-order valence-corrected chi connectivity index (χ3v) is 2.94. The largest absolute Gasteiger partial charge is 0.475 e. The fraction of sp³-hybridized carbons (Fsp3) is 0.643. The molecule has 1 aromatic rings. The molecule has 0 saturated heterocycles. The van der Waals surface area contributed by atoms with Crippen LogP contribution in [0.5, 0.6) is 5.88 Å². The van der Waals surface area contributed by atoms with E-state index in [1.54, 1.807) is 7.11 Å². The molecule has 0 saturated carbocycles. The van der Waals surface area contributed by atoms with E-state index in [2.05, 4.69) is 4.98 Å². The van der Waals surface area contributed by atoms with Crippen LogP contribution < -0.4 is 4.74 Å². The SMILES string of the molecule is COCCCOCCOc1nc(C)cc(C)c1CCl. The van der Waals surface area contributed by atoms with Crippen LogP contribution in [0.3, 0.4) is 0 Å². The summed E-state index contributed by atoms with van der Waals surface area (Å²) < 4.78 is 16.0. The van der Waals surface area contributed by atoms with Crippen molar-refractivity contribution in [1.29, 1.82) is 0 Å². The Hall–Kier alpha value is -0.840. The first-order valence-electron chi connectivity index (χ1n) is 6.41. The van der Waals surface area contributed by atoms with E-state index in [4.69, 9.17) is 25.8 Å². The molecule has 1 aromatic heterocycles. The maximum absolute atomic E-state index is 5.92. The Bertz CT molecular complexity index is 385. The molecule has 1 rings (SSSR count). The number of rotatable bonds is 9. The van der Waals surface area contributed by atoms with Gasteiger partial charge in [-0.15, -0.1) is 11.6 Å². The van der Waals surface area contributed by atoms with E-state index >= 15 is 0 Å². The average molecular weight is 288 g/mol. The van der Waals surface area contributed by atoms with E-state index in [-0.39, 0.29) is 0 Å². The molecule has 0 aliphatic carbocycles. The second-order valence-electron chi connectivity index (χ2n) is 4.31. The topological polar surface area (TPSA) is 40.6 Å². The van der Waals surface area contributed by atoms with E-state index < -0.39 is 0 Å². The number of halogens is 1. The van der Waals surface area contributed by atoms with Crippen LogP contribution in [0.15, 0.2) is 6.07 Å². The van der Waals surface area contributed by atoms with Gasteiger partial charge in [0.1, 0.15) is 6.61 Å². The lowest BCUT2D eigenvalue weighted by atomic mass is 10.1. The first-order valence-corrected chi connectivity index (χ1v) is 6.95. The number of hydrogen-bond acceptors (Lipinski definition) is 4. The lowest BCUT2D eigenvalue weighted by Gasteiger charge is -2.12. The molecule has 108 valence electrons. The van der Waals surface area contributed by atoms with Crippen molar-refractivity contribution in [3.63, 3.8) is 0 Å². The highest BCUT2D eigenvalue weighted by Crippen LogP contribution is 2.22. The van der Waals surface area contributed by atoms with Gasteiger partial charge in [-0.2, -0.15) is 0 Å². The summed E-state index contributed by atoms with van der Waals surface area (Å²) in [4.78, 5) is 4.37. The molecule has 1 heterocycles. The molecular formula is C14H22ClNO3. The highest BCUT2D eigenvalue weighted by molar-refractivity contribution is 6.17. The first-order chi connectivity index (χ1) is 9.19. The molecular weight excluding hydrogens is 266 g/mol. The summed E-state index contributed by atoms with van der Waals surface area (Å²) >= 11 is 5.92. The average Bonchev–Trinajstić information content (AvgIpc) is 2.37. The minimum Gasteiger partial charge on any atom is -0.475 e. The van der Waals surface area contributed by atoms with E-state index in [0.717, 1.165) is 29.8 Å². The summed E-state index contributed by atoms with van der Waals surface area (Å²) in [5.74, 6) is 1.02. The van der Waals surface area contributed by atoms with Crippen molar-refractivity contribution in [3.8, 4) is 5.88 Å². The molecule has 4 nitrogen and oxygen atoms in total. The minimum absolute atomic E-state index is 0.406. The van der Waals surface area contributed by atoms with Gasteiger partial charge in [-0.05, 0) is 31.9 Å². The van der Waals surface area contributed by atoms with Crippen molar-refractivity contribution in [2.75, 3.05) is 33.5 Å². The fourth-order valence-electron chi connectivity index (χ4n) is 1.72. The van der Waals surface area contributed by atoms with Gasteiger partial charge in [0, 0.05) is 31.6 Å². The van der Waals surface area contributed by atoms with Crippen molar-refractivity contribution >= 4 is 11.6 Å². The predicted octanol–water partition coefficient (Wildman–Crippen LogP) is 2.87. The van der Waals surface area contributed by atoms with Gasteiger partial charge in [0.15, 0.2) is 0 Å². The zero-order valence-corrected chi connectivity index (χ0v) is 12.6. The second-order valence-corrected chi connectivity index (χ2v) is 4.57. The molecule has 0 radical (unpaired) electrons. The van der Waals surface area contributed by atoms with Gasteiger partial charge in [0.25, 0.3) is 0 Å². The van der Waals surface area contributed by atoms with Crippen LogP contribution in [0, 0.1) is 13.8 Å². The van der Waals surface area contributed by atoms with Crippen molar-refractivity contribution < 1.29 is 14.2 Å². The Labute approximate surface area is 120 Å². The molecule has 0 bridgehead atoms. The Balaban J connectivity index is 2.36. The quantitative estimate of drug-likeness (QED) is 0.517. The summed E-state index contributed by atoms with van der Waals surface area (Å²) in [6, 6.07) is 2.01. The summed E-state index contributed by atoms with van der Waals surface area (Å²) in [7, 11) is 1.68.